The summed E-state index contributed by atoms with van der Waals surface area (Å²) in [5.74, 6) is 1.29. The Morgan fingerprint density at radius 3 is 2.97 bits per heavy atom. The van der Waals surface area contributed by atoms with Crippen LogP contribution in [0.15, 0.2) is 41.3 Å². The summed E-state index contributed by atoms with van der Waals surface area (Å²) in [4.78, 5) is 42.0. The number of benzene rings is 1. The molecule has 2 aromatic heterocycles. The second-order valence-corrected chi connectivity index (χ2v) is 8.74. The van der Waals surface area contributed by atoms with Crippen molar-refractivity contribution in [2.45, 2.75) is 39.2 Å². The average Bonchev–Trinajstić information content (AvgIpc) is 2.79. The van der Waals surface area contributed by atoms with Crippen molar-refractivity contribution in [3.05, 3.63) is 63.7 Å². The number of nitrogens with zero attached hydrogens (tertiary/aromatic N) is 4. The highest BCUT2D eigenvalue weighted by atomic mass is 16.2. The molecule has 0 bridgehead atoms. The normalized spacial score (nSPS) is 18.8. The Labute approximate surface area is 181 Å². The van der Waals surface area contributed by atoms with Crippen molar-refractivity contribution in [3.8, 4) is 0 Å². The maximum Gasteiger partial charge on any atom is 0.257 e. The maximum absolute atomic E-state index is 13.0. The van der Waals surface area contributed by atoms with Crippen LogP contribution in [0.25, 0.3) is 10.9 Å². The molecule has 0 spiro atoms. The first-order chi connectivity index (χ1) is 15.1. The lowest BCUT2D eigenvalue weighted by atomic mass is 10.0. The molecule has 1 unspecified atom stereocenters. The number of anilines is 1. The fraction of sp³-hybridized carbons (Fsp3) is 0.417. The number of aromatic nitrogens is 3. The highest BCUT2D eigenvalue weighted by Gasteiger charge is 2.27. The quantitative estimate of drug-likeness (QED) is 0.709. The van der Waals surface area contributed by atoms with Gasteiger partial charge in [0.25, 0.3) is 5.56 Å². The number of piperidine rings is 1. The molecule has 1 saturated heterocycles. The molecule has 1 amide bonds. The van der Waals surface area contributed by atoms with Crippen LogP contribution < -0.4 is 10.5 Å². The van der Waals surface area contributed by atoms with E-state index in [4.69, 9.17) is 4.98 Å². The van der Waals surface area contributed by atoms with Crippen molar-refractivity contribution in [2.75, 3.05) is 24.5 Å². The molecule has 0 aliphatic carbocycles. The highest BCUT2D eigenvalue weighted by molar-refractivity contribution is 5.87. The Balaban J connectivity index is 1.34. The van der Waals surface area contributed by atoms with Crippen molar-refractivity contribution < 1.29 is 4.79 Å². The predicted molar refractivity (Wildman–Crippen MR) is 120 cm³/mol. The summed E-state index contributed by atoms with van der Waals surface area (Å²) < 4.78 is 0. The molecule has 1 atom stereocenters. The van der Waals surface area contributed by atoms with Gasteiger partial charge in [-0.2, -0.15) is 0 Å². The van der Waals surface area contributed by atoms with Crippen molar-refractivity contribution >= 4 is 22.8 Å². The number of nitrogens with one attached hydrogen (secondary N) is 1. The smallest absolute Gasteiger partial charge is 0.257 e. The SMILES string of the molecule is CC1CCCN(c2nc3c(c(=O)[nH]2)CN(C(=O)Cc2cccc4cccnc24)CC3)C1. The third kappa shape index (κ3) is 3.92. The van der Waals surface area contributed by atoms with E-state index >= 15 is 0 Å². The molecule has 1 N–H and O–H groups in total. The van der Waals surface area contributed by atoms with Crippen LogP contribution in [0.5, 0.6) is 0 Å². The molecule has 2 aliphatic rings. The van der Waals surface area contributed by atoms with Crippen LogP contribution >= 0.6 is 0 Å². The van der Waals surface area contributed by atoms with E-state index in [-0.39, 0.29) is 17.9 Å². The predicted octanol–water partition coefficient (Wildman–Crippen LogP) is 2.68. The molecular weight excluding hydrogens is 390 g/mol. The third-order valence-corrected chi connectivity index (χ3v) is 6.42. The van der Waals surface area contributed by atoms with Gasteiger partial charge in [-0.05, 0) is 30.4 Å². The number of hydrogen-bond donors (Lipinski definition) is 1. The van der Waals surface area contributed by atoms with E-state index in [1.165, 1.54) is 6.42 Å². The van der Waals surface area contributed by atoms with E-state index in [9.17, 15) is 9.59 Å². The van der Waals surface area contributed by atoms with Gasteiger partial charge in [-0.15, -0.1) is 0 Å². The number of para-hydroxylation sites is 1. The fourth-order valence-corrected chi connectivity index (χ4v) is 4.74. The molecule has 0 radical (unpaired) electrons. The molecule has 0 saturated carbocycles. The van der Waals surface area contributed by atoms with E-state index in [1.807, 2.05) is 30.3 Å². The fourth-order valence-electron chi connectivity index (χ4n) is 4.74. The number of carbonyl (C=O) groups is 1. The van der Waals surface area contributed by atoms with Gasteiger partial charge in [-0.3, -0.25) is 19.6 Å². The molecular formula is C24H27N5O2. The van der Waals surface area contributed by atoms with Crippen LogP contribution in [0.2, 0.25) is 0 Å². The molecule has 5 rings (SSSR count). The maximum atomic E-state index is 13.0. The standard InChI is InChI=1S/C24H27N5O2/c1-16-5-4-11-29(14-16)24-26-20-9-12-28(15-19(20)23(31)27-24)21(30)13-18-7-2-6-17-8-3-10-25-22(17)18/h2-3,6-8,10,16H,4-5,9,11-15H2,1H3,(H,26,27,31). The zero-order valence-electron chi connectivity index (χ0n) is 17.8. The summed E-state index contributed by atoms with van der Waals surface area (Å²) in [6.45, 7) is 4.97. The number of pyridine rings is 1. The first-order valence-corrected chi connectivity index (χ1v) is 11.1. The number of H-pyrrole nitrogens is 1. The van der Waals surface area contributed by atoms with Crippen LogP contribution in [-0.2, 0) is 24.2 Å². The Kier molecular flexibility index (Phi) is 5.18. The molecule has 31 heavy (non-hydrogen) atoms. The number of aromatic amines is 1. The molecule has 1 fully saturated rings. The van der Waals surface area contributed by atoms with Crippen molar-refractivity contribution in [1.29, 1.82) is 0 Å². The monoisotopic (exact) mass is 417 g/mol. The van der Waals surface area contributed by atoms with E-state index in [1.54, 1.807) is 11.1 Å². The number of fused-ring (bicyclic) bond motifs is 2. The van der Waals surface area contributed by atoms with Gasteiger partial charge in [-0.25, -0.2) is 4.98 Å². The van der Waals surface area contributed by atoms with Gasteiger partial charge in [0.2, 0.25) is 11.9 Å². The van der Waals surface area contributed by atoms with Crippen LogP contribution in [-0.4, -0.2) is 45.4 Å². The summed E-state index contributed by atoms with van der Waals surface area (Å²) >= 11 is 0. The van der Waals surface area contributed by atoms with Crippen LogP contribution in [0, 0.1) is 5.92 Å². The van der Waals surface area contributed by atoms with Crippen LogP contribution in [0.3, 0.4) is 0 Å². The lowest BCUT2D eigenvalue weighted by Gasteiger charge is -2.33. The molecule has 160 valence electrons. The van der Waals surface area contributed by atoms with Crippen molar-refractivity contribution in [3.63, 3.8) is 0 Å². The van der Waals surface area contributed by atoms with Gasteiger partial charge in [-0.1, -0.05) is 31.2 Å². The summed E-state index contributed by atoms with van der Waals surface area (Å²) in [5.41, 5.74) is 3.09. The molecule has 7 heteroatoms. The second kappa shape index (κ2) is 8.13. The van der Waals surface area contributed by atoms with Crippen LogP contribution in [0.1, 0.15) is 36.6 Å². The van der Waals surface area contributed by atoms with E-state index in [0.717, 1.165) is 41.7 Å². The van der Waals surface area contributed by atoms with Gasteiger partial charge < -0.3 is 9.80 Å². The van der Waals surface area contributed by atoms with E-state index in [2.05, 4.69) is 21.8 Å². The summed E-state index contributed by atoms with van der Waals surface area (Å²) in [5, 5.41) is 1.02. The minimum Gasteiger partial charge on any atom is -0.342 e. The molecule has 1 aromatic carbocycles. The Morgan fingerprint density at radius 2 is 2.10 bits per heavy atom. The summed E-state index contributed by atoms with van der Waals surface area (Å²) in [6.07, 6.45) is 4.97. The first kappa shape index (κ1) is 19.7. The second-order valence-electron chi connectivity index (χ2n) is 8.74. The molecule has 2 aliphatic heterocycles. The largest absolute Gasteiger partial charge is 0.342 e. The van der Waals surface area contributed by atoms with Crippen LogP contribution in [0.4, 0.5) is 5.95 Å². The minimum absolute atomic E-state index is 0.0112. The Hall–Kier alpha value is -3.22. The Morgan fingerprint density at radius 1 is 1.23 bits per heavy atom. The van der Waals surface area contributed by atoms with Crippen molar-refractivity contribution in [1.82, 2.24) is 19.9 Å². The Bertz CT molecular complexity index is 1180. The third-order valence-electron chi connectivity index (χ3n) is 6.42. The highest BCUT2D eigenvalue weighted by Crippen LogP contribution is 2.23. The number of carbonyl (C=O) groups excluding carboxylic acids is 1. The van der Waals surface area contributed by atoms with E-state index in [0.29, 0.717) is 36.9 Å². The van der Waals surface area contributed by atoms with Gasteiger partial charge >= 0.3 is 0 Å². The van der Waals surface area contributed by atoms with E-state index < -0.39 is 0 Å². The molecule has 3 aromatic rings. The summed E-state index contributed by atoms with van der Waals surface area (Å²) in [6, 6.07) is 9.80. The lowest BCUT2D eigenvalue weighted by Crippen LogP contribution is -2.42. The molecule has 4 heterocycles. The van der Waals surface area contributed by atoms with Gasteiger partial charge in [0.1, 0.15) is 0 Å². The average molecular weight is 418 g/mol. The van der Waals surface area contributed by atoms with Crippen molar-refractivity contribution in [2.24, 2.45) is 5.92 Å². The van der Waals surface area contributed by atoms with Gasteiger partial charge in [0.05, 0.1) is 29.7 Å². The molecule has 7 nitrogen and oxygen atoms in total. The number of rotatable bonds is 3. The summed E-state index contributed by atoms with van der Waals surface area (Å²) in [7, 11) is 0. The van der Waals surface area contributed by atoms with Gasteiger partial charge in [0, 0.05) is 37.6 Å². The number of hydrogen-bond acceptors (Lipinski definition) is 5. The zero-order chi connectivity index (χ0) is 21.4. The first-order valence-electron chi connectivity index (χ1n) is 11.1. The topological polar surface area (TPSA) is 82.2 Å². The lowest BCUT2D eigenvalue weighted by molar-refractivity contribution is -0.131. The van der Waals surface area contributed by atoms with Gasteiger partial charge in [0.15, 0.2) is 0 Å². The number of amides is 1. The minimum atomic E-state index is -0.123. The zero-order valence-corrected chi connectivity index (χ0v) is 17.8.